The predicted octanol–water partition coefficient (Wildman–Crippen LogP) is 0.684. The number of quaternary nitrogens is 1. The van der Waals surface area contributed by atoms with Crippen molar-refractivity contribution in [2.24, 2.45) is 0 Å². The van der Waals surface area contributed by atoms with Crippen LogP contribution in [-0.2, 0) is 16.6 Å². The molecule has 0 aliphatic carbocycles. The second-order valence-corrected chi connectivity index (χ2v) is 7.97. The van der Waals surface area contributed by atoms with Gasteiger partial charge in [0.05, 0.1) is 41.6 Å². The number of benzene rings is 2. The lowest BCUT2D eigenvalue weighted by atomic mass is 10.1. The van der Waals surface area contributed by atoms with E-state index in [1.54, 1.807) is 48.5 Å². The molecule has 25 heavy (non-hydrogen) atoms. The molecule has 1 N–H and O–H groups in total. The molecule has 132 valence electrons. The molecule has 1 fully saturated rings. The van der Waals surface area contributed by atoms with Crippen LogP contribution in [0, 0.1) is 10.1 Å². The highest BCUT2D eigenvalue weighted by Gasteiger charge is 2.31. The third kappa shape index (κ3) is 3.87. The van der Waals surface area contributed by atoms with Gasteiger partial charge in [-0.15, -0.1) is 0 Å². The lowest BCUT2D eigenvalue weighted by molar-refractivity contribution is -0.917. The largest absolute Gasteiger partial charge is 0.329 e. The third-order valence-electron chi connectivity index (χ3n) is 4.44. The fourth-order valence-electron chi connectivity index (χ4n) is 3.07. The number of nitrogens with one attached hydrogen (secondary N) is 1. The van der Waals surface area contributed by atoms with Gasteiger partial charge in [-0.3, -0.25) is 10.1 Å². The van der Waals surface area contributed by atoms with Crippen LogP contribution in [0.1, 0.15) is 5.56 Å². The highest BCUT2D eigenvalue weighted by Crippen LogP contribution is 2.17. The van der Waals surface area contributed by atoms with Crippen molar-refractivity contribution in [2.45, 2.75) is 11.4 Å². The van der Waals surface area contributed by atoms with E-state index in [1.165, 1.54) is 10.4 Å². The van der Waals surface area contributed by atoms with Gasteiger partial charge in [-0.05, 0) is 18.2 Å². The Kier molecular flexibility index (Phi) is 5.12. The highest BCUT2D eigenvalue weighted by molar-refractivity contribution is 7.89. The summed E-state index contributed by atoms with van der Waals surface area (Å²) < 4.78 is 26.7. The number of nitro benzene ring substituents is 1. The van der Waals surface area contributed by atoms with Crippen molar-refractivity contribution in [3.63, 3.8) is 0 Å². The van der Waals surface area contributed by atoms with E-state index in [9.17, 15) is 18.5 Å². The average molecular weight is 362 g/mol. The molecule has 0 atom stereocenters. The van der Waals surface area contributed by atoms with Gasteiger partial charge in [-0.1, -0.05) is 30.3 Å². The van der Waals surface area contributed by atoms with E-state index < -0.39 is 10.0 Å². The molecule has 0 radical (unpaired) electrons. The Bertz CT molecular complexity index is 847. The fraction of sp³-hybridized carbons (Fsp3) is 0.294. The quantitative estimate of drug-likeness (QED) is 0.626. The molecule has 1 aliphatic heterocycles. The summed E-state index contributed by atoms with van der Waals surface area (Å²) in [6.45, 7) is 2.59. The number of piperazine rings is 1. The highest BCUT2D eigenvalue weighted by atomic mass is 32.2. The van der Waals surface area contributed by atoms with Crippen molar-refractivity contribution >= 4 is 15.7 Å². The standard InChI is InChI=1S/C17H19N3O4S/c21-20(22)17-9-5-4-6-15(17)14-18-10-12-19(13-11-18)25(23,24)16-7-2-1-3-8-16/h1-9H,10-14H2/p+1. The Morgan fingerprint density at radius 1 is 1.00 bits per heavy atom. The third-order valence-corrected chi connectivity index (χ3v) is 6.35. The van der Waals surface area contributed by atoms with E-state index in [0.717, 1.165) is 4.90 Å². The summed E-state index contributed by atoms with van der Waals surface area (Å²) >= 11 is 0. The zero-order valence-corrected chi connectivity index (χ0v) is 14.5. The Balaban J connectivity index is 1.66. The lowest BCUT2D eigenvalue weighted by Crippen LogP contribution is -3.13. The van der Waals surface area contributed by atoms with Crippen molar-refractivity contribution in [2.75, 3.05) is 26.2 Å². The molecular weight excluding hydrogens is 342 g/mol. The Morgan fingerprint density at radius 3 is 2.24 bits per heavy atom. The minimum atomic E-state index is -3.47. The van der Waals surface area contributed by atoms with Crippen LogP contribution in [-0.4, -0.2) is 43.8 Å². The van der Waals surface area contributed by atoms with E-state index in [4.69, 9.17) is 0 Å². The van der Waals surface area contributed by atoms with Crippen molar-refractivity contribution in [1.82, 2.24) is 4.31 Å². The monoisotopic (exact) mass is 362 g/mol. The minimum absolute atomic E-state index is 0.120. The van der Waals surface area contributed by atoms with Crippen LogP contribution < -0.4 is 4.90 Å². The van der Waals surface area contributed by atoms with Crippen LogP contribution in [0.25, 0.3) is 0 Å². The summed E-state index contributed by atoms with van der Waals surface area (Å²) in [7, 11) is -3.47. The predicted molar refractivity (Wildman–Crippen MR) is 92.7 cm³/mol. The second-order valence-electron chi connectivity index (χ2n) is 6.03. The molecule has 2 aromatic carbocycles. The molecule has 7 nitrogen and oxygen atoms in total. The minimum Gasteiger partial charge on any atom is -0.329 e. The smallest absolute Gasteiger partial charge is 0.278 e. The van der Waals surface area contributed by atoms with Gasteiger partial charge in [0, 0.05) is 6.07 Å². The number of rotatable bonds is 5. The molecule has 1 aliphatic rings. The zero-order chi connectivity index (χ0) is 17.9. The van der Waals surface area contributed by atoms with Gasteiger partial charge in [0.2, 0.25) is 10.0 Å². The lowest BCUT2D eigenvalue weighted by Gasteiger charge is -2.31. The SMILES string of the molecule is O=[N+]([O-])c1ccccc1C[NH+]1CCN(S(=O)(=O)c2ccccc2)CC1. The van der Waals surface area contributed by atoms with Crippen LogP contribution in [0.2, 0.25) is 0 Å². The van der Waals surface area contributed by atoms with Crippen molar-refractivity contribution in [3.8, 4) is 0 Å². The van der Waals surface area contributed by atoms with Gasteiger partial charge in [0.25, 0.3) is 5.69 Å². The Morgan fingerprint density at radius 2 is 1.60 bits per heavy atom. The normalized spacial score (nSPS) is 16.6. The fourth-order valence-corrected chi connectivity index (χ4v) is 4.53. The van der Waals surface area contributed by atoms with Gasteiger partial charge in [0.1, 0.15) is 6.54 Å². The maximum atomic E-state index is 12.6. The van der Waals surface area contributed by atoms with Crippen LogP contribution in [0.3, 0.4) is 0 Å². The summed E-state index contributed by atoms with van der Waals surface area (Å²) in [5, 5.41) is 11.1. The number of sulfonamides is 1. The summed E-state index contributed by atoms with van der Waals surface area (Å²) in [5.74, 6) is 0. The topological polar surface area (TPSA) is 85.0 Å². The number of hydrogen-bond acceptors (Lipinski definition) is 4. The first kappa shape index (κ1) is 17.5. The van der Waals surface area contributed by atoms with Gasteiger partial charge < -0.3 is 4.90 Å². The van der Waals surface area contributed by atoms with E-state index in [2.05, 4.69) is 0 Å². The summed E-state index contributed by atoms with van der Waals surface area (Å²) in [5.41, 5.74) is 0.802. The van der Waals surface area contributed by atoms with Crippen LogP contribution in [0.15, 0.2) is 59.5 Å². The molecule has 1 heterocycles. The molecule has 0 aromatic heterocycles. The number of nitrogens with zero attached hydrogens (tertiary/aromatic N) is 2. The summed E-state index contributed by atoms with van der Waals surface area (Å²) in [6.07, 6.45) is 0. The van der Waals surface area contributed by atoms with Gasteiger partial charge in [0.15, 0.2) is 0 Å². The maximum absolute atomic E-state index is 12.6. The van der Waals surface area contributed by atoms with E-state index in [-0.39, 0.29) is 10.6 Å². The van der Waals surface area contributed by atoms with Crippen molar-refractivity contribution < 1.29 is 18.2 Å². The van der Waals surface area contributed by atoms with Gasteiger partial charge in [-0.25, -0.2) is 8.42 Å². The van der Waals surface area contributed by atoms with Gasteiger partial charge >= 0.3 is 0 Å². The van der Waals surface area contributed by atoms with E-state index in [1.807, 2.05) is 0 Å². The zero-order valence-electron chi connectivity index (χ0n) is 13.7. The Hall–Kier alpha value is -2.29. The van der Waals surface area contributed by atoms with Crippen molar-refractivity contribution in [1.29, 1.82) is 0 Å². The molecule has 0 bridgehead atoms. The van der Waals surface area contributed by atoms with E-state index in [0.29, 0.717) is 43.2 Å². The molecule has 8 heteroatoms. The van der Waals surface area contributed by atoms with Crippen molar-refractivity contribution in [3.05, 3.63) is 70.3 Å². The number of nitro groups is 1. The van der Waals surface area contributed by atoms with Crippen LogP contribution in [0.4, 0.5) is 5.69 Å². The summed E-state index contributed by atoms with van der Waals surface area (Å²) in [4.78, 5) is 12.2. The van der Waals surface area contributed by atoms with Crippen LogP contribution >= 0.6 is 0 Å². The Labute approximate surface area is 146 Å². The molecule has 3 rings (SSSR count). The molecule has 0 spiro atoms. The first-order chi connectivity index (χ1) is 12.0. The number of para-hydroxylation sites is 1. The molecule has 2 aromatic rings. The number of hydrogen-bond donors (Lipinski definition) is 1. The van der Waals surface area contributed by atoms with Crippen LogP contribution in [0.5, 0.6) is 0 Å². The molecule has 1 saturated heterocycles. The molecule has 0 amide bonds. The second kappa shape index (κ2) is 7.30. The average Bonchev–Trinajstić information content (AvgIpc) is 2.63. The molecule has 0 unspecified atom stereocenters. The maximum Gasteiger partial charge on any atom is 0.278 e. The molecule has 0 saturated carbocycles. The molecular formula is C17H20N3O4S+. The van der Waals surface area contributed by atoms with E-state index >= 15 is 0 Å². The first-order valence-corrected chi connectivity index (χ1v) is 9.53. The summed E-state index contributed by atoms with van der Waals surface area (Å²) in [6, 6.07) is 15.1. The van der Waals surface area contributed by atoms with Gasteiger partial charge in [-0.2, -0.15) is 4.31 Å². The first-order valence-electron chi connectivity index (χ1n) is 8.09.